The van der Waals surface area contributed by atoms with Gasteiger partial charge in [0.25, 0.3) is 0 Å². The SMILES string of the molecule is C[C@]12CCC(=O)C=C1CC[C@@H]1[C@@H]2CC[C@@]2(C)[C@H]1C[C@H](Br)[C@]21OCO[C@]12COCO2. The zero-order chi connectivity index (χ0) is 20.1. The Bertz CT molecular complexity index is 770. The molecular formula is C23H31BrO5. The van der Waals surface area contributed by atoms with Crippen molar-refractivity contribution in [1.82, 2.24) is 0 Å². The maximum Gasteiger partial charge on any atom is 0.227 e. The molecule has 2 aliphatic heterocycles. The highest BCUT2D eigenvalue weighted by molar-refractivity contribution is 9.09. The number of hydrogen-bond donors (Lipinski definition) is 0. The number of ether oxygens (including phenoxy) is 4. The molecule has 5 nitrogen and oxygen atoms in total. The number of hydrogen-bond acceptors (Lipinski definition) is 5. The highest BCUT2D eigenvalue weighted by Crippen LogP contribution is 2.72. The molecule has 6 rings (SSSR count). The Morgan fingerprint density at radius 1 is 1.03 bits per heavy atom. The van der Waals surface area contributed by atoms with E-state index in [-0.39, 0.29) is 29.2 Å². The number of ketones is 1. The van der Waals surface area contributed by atoms with Gasteiger partial charge in [0.05, 0.1) is 4.83 Å². The third-order valence-corrected chi connectivity index (χ3v) is 10.9. The number of carbonyl (C=O) groups excluding carboxylic acids is 1. The van der Waals surface area contributed by atoms with E-state index in [9.17, 15) is 4.79 Å². The minimum atomic E-state index is -0.793. The van der Waals surface area contributed by atoms with Crippen LogP contribution in [0.2, 0.25) is 0 Å². The summed E-state index contributed by atoms with van der Waals surface area (Å²) in [6.07, 6.45) is 9.34. The van der Waals surface area contributed by atoms with Gasteiger partial charge < -0.3 is 18.9 Å². The largest absolute Gasteiger partial charge is 0.350 e. The molecule has 3 saturated carbocycles. The molecule has 0 aromatic rings. The van der Waals surface area contributed by atoms with E-state index in [1.165, 1.54) is 18.4 Å². The predicted molar refractivity (Wildman–Crippen MR) is 109 cm³/mol. The lowest BCUT2D eigenvalue weighted by Crippen LogP contribution is -2.66. The fraction of sp³-hybridized carbons (Fsp3) is 0.870. The van der Waals surface area contributed by atoms with Gasteiger partial charge in [0.2, 0.25) is 5.79 Å². The summed E-state index contributed by atoms with van der Waals surface area (Å²) in [7, 11) is 0. The first-order chi connectivity index (χ1) is 13.9. The van der Waals surface area contributed by atoms with Gasteiger partial charge in [-0.1, -0.05) is 35.4 Å². The van der Waals surface area contributed by atoms with Crippen molar-refractivity contribution in [3.8, 4) is 0 Å². The predicted octanol–water partition coefficient (Wildman–Crippen LogP) is 4.34. The molecular weight excluding hydrogens is 436 g/mol. The van der Waals surface area contributed by atoms with Crippen LogP contribution in [0.25, 0.3) is 0 Å². The molecule has 0 aromatic heterocycles. The Kier molecular flexibility index (Phi) is 4.12. The highest BCUT2D eigenvalue weighted by Gasteiger charge is 2.78. The number of rotatable bonds is 0. The maximum atomic E-state index is 12.1. The van der Waals surface area contributed by atoms with Gasteiger partial charge in [-0.3, -0.25) is 4.79 Å². The molecule has 0 unspecified atom stereocenters. The molecule has 29 heavy (non-hydrogen) atoms. The van der Waals surface area contributed by atoms with Crippen LogP contribution in [0.5, 0.6) is 0 Å². The summed E-state index contributed by atoms with van der Waals surface area (Å²) in [5, 5.41) is 0. The van der Waals surface area contributed by atoms with E-state index < -0.39 is 11.4 Å². The van der Waals surface area contributed by atoms with Gasteiger partial charge in [-0.2, -0.15) is 0 Å². The summed E-state index contributed by atoms with van der Waals surface area (Å²) < 4.78 is 24.4. The second-order valence-electron chi connectivity index (χ2n) is 10.6. The maximum absolute atomic E-state index is 12.1. The minimum Gasteiger partial charge on any atom is -0.350 e. The van der Waals surface area contributed by atoms with E-state index in [1.54, 1.807) is 0 Å². The Labute approximate surface area is 181 Å². The summed E-state index contributed by atoms with van der Waals surface area (Å²) in [6.45, 7) is 5.85. The molecule has 8 atom stereocenters. The fourth-order valence-corrected chi connectivity index (χ4v) is 9.94. The zero-order valence-corrected chi connectivity index (χ0v) is 19.0. The van der Waals surface area contributed by atoms with Crippen molar-refractivity contribution in [3.05, 3.63) is 11.6 Å². The van der Waals surface area contributed by atoms with Gasteiger partial charge in [-0.15, -0.1) is 0 Å². The van der Waals surface area contributed by atoms with Crippen molar-refractivity contribution >= 4 is 21.7 Å². The quantitative estimate of drug-likeness (QED) is 0.497. The highest BCUT2D eigenvalue weighted by atomic mass is 79.9. The lowest BCUT2D eigenvalue weighted by molar-refractivity contribution is -0.246. The topological polar surface area (TPSA) is 54.0 Å². The molecule has 0 N–H and O–H groups in total. The first-order valence-electron chi connectivity index (χ1n) is 11.2. The smallest absolute Gasteiger partial charge is 0.227 e. The Balaban J connectivity index is 1.40. The van der Waals surface area contributed by atoms with Crippen molar-refractivity contribution in [1.29, 1.82) is 0 Å². The third-order valence-electron chi connectivity index (χ3n) is 9.91. The van der Waals surface area contributed by atoms with E-state index >= 15 is 0 Å². The van der Waals surface area contributed by atoms with Crippen molar-refractivity contribution in [2.75, 3.05) is 20.2 Å². The van der Waals surface area contributed by atoms with Crippen LogP contribution in [0, 0.1) is 28.6 Å². The monoisotopic (exact) mass is 466 g/mol. The van der Waals surface area contributed by atoms with Crippen LogP contribution in [-0.2, 0) is 23.7 Å². The fourth-order valence-electron chi connectivity index (χ4n) is 8.54. The molecule has 4 aliphatic carbocycles. The van der Waals surface area contributed by atoms with Crippen molar-refractivity contribution in [2.45, 2.75) is 75.0 Å². The molecule has 160 valence electrons. The zero-order valence-electron chi connectivity index (χ0n) is 17.4. The molecule has 2 saturated heterocycles. The number of carbonyl (C=O) groups is 1. The Hall–Kier alpha value is -0.270. The van der Waals surface area contributed by atoms with Crippen LogP contribution in [0.3, 0.4) is 0 Å². The Morgan fingerprint density at radius 3 is 2.66 bits per heavy atom. The normalized spacial score (nSPS) is 56.4. The molecule has 0 radical (unpaired) electrons. The average Bonchev–Trinajstić information content (AvgIpc) is 3.38. The Morgan fingerprint density at radius 2 is 1.86 bits per heavy atom. The summed E-state index contributed by atoms with van der Waals surface area (Å²) in [5.74, 6) is 1.41. The van der Waals surface area contributed by atoms with Crippen molar-refractivity contribution in [2.24, 2.45) is 28.6 Å². The summed E-state index contributed by atoms with van der Waals surface area (Å²) >= 11 is 4.04. The number of halogens is 1. The summed E-state index contributed by atoms with van der Waals surface area (Å²) in [6, 6.07) is 0. The van der Waals surface area contributed by atoms with Crippen LogP contribution in [0.15, 0.2) is 11.6 Å². The average molecular weight is 467 g/mol. The van der Waals surface area contributed by atoms with Crippen LogP contribution in [-0.4, -0.2) is 42.2 Å². The van der Waals surface area contributed by atoms with E-state index in [0.29, 0.717) is 36.6 Å². The van der Waals surface area contributed by atoms with Crippen LogP contribution in [0.1, 0.15) is 58.8 Å². The van der Waals surface area contributed by atoms with Crippen molar-refractivity contribution in [3.63, 3.8) is 0 Å². The molecule has 5 fully saturated rings. The molecule has 2 spiro atoms. The summed E-state index contributed by atoms with van der Waals surface area (Å²) in [5.41, 5.74) is 1.08. The molecule has 0 amide bonds. The van der Waals surface area contributed by atoms with E-state index in [0.717, 1.165) is 25.7 Å². The van der Waals surface area contributed by atoms with E-state index in [4.69, 9.17) is 18.9 Å². The summed E-state index contributed by atoms with van der Waals surface area (Å²) in [4.78, 5) is 12.3. The third kappa shape index (κ3) is 2.18. The van der Waals surface area contributed by atoms with E-state index in [2.05, 4.69) is 29.8 Å². The lowest BCUT2D eigenvalue weighted by Gasteiger charge is -2.60. The van der Waals surface area contributed by atoms with Crippen LogP contribution in [0.4, 0.5) is 0 Å². The first-order valence-corrected chi connectivity index (χ1v) is 12.2. The first kappa shape index (κ1) is 19.4. The lowest BCUT2D eigenvalue weighted by atomic mass is 9.46. The minimum absolute atomic E-state index is 0.0192. The standard InChI is InChI=1S/C23H31BrO5/c1-20-7-5-15(25)9-14(20)3-4-16-17(20)6-8-21(2)18(16)10-19(24)23(21)22(28-13-29-23)11-26-12-27-22/h9,16-19H,3-8,10-13H2,1-2H3/t16-,17+,18+,19+,20+,21+,22-,23+/m1/s1. The number of alkyl halides is 1. The van der Waals surface area contributed by atoms with Crippen molar-refractivity contribution < 1.29 is 23.7 Å². The van der Waals surface area contributed by atoms with Gasteiger partial charge >= 0.3 is 0 Å². The van der Waals surface area contributed by atoms with Gasteiger partial charge in [-0.05, 0) is 67.8 Å². The van der Waals surface area contributed by atoms with Gasteiger partial charge in [0.15, 0.2) is 19.4 Å². The molecule has 6 aliphatic rings. The van der Waals surface area contributed by atoms with Crippen LogP contribution < -0.4 is 0 Å². The van der Waals surface area contributed by atoms with E-state index in [1.807, 2.05) is 6.08 Å². The van der Waals surface area contributed by atoms with Gasteiger partial charge in [0.1, 0.15) is 12.2 Å². The molecule has 6 heteroatoms. The number of fused-ring (bicyclic) bond motifs is 7. The molecule has 0 bridgehead atoms. The van der Waals surface area contributed by atoms with Gasteiger partial charge in [0, 0.05) is 11.8 Å². The second-order valence-corrected chi connectivity index (χ2v) is 11.7. The van der Waals surface area contributed by atoms with Gasteiger partial charge in [-0.25, -0.2) is 0 Å². The number of allylic oxidation sites excluding steroid dienone is 1. The molecule has 2 heterocycles. The molecule has 0 aromatic carbocycles. The van der Waals surface area contributed by atoms with Crippen LogP contribution >= 0.6 is 15.9 Å². The second kappa shape index (κ2) is 6.16.